The summed E-state index contributed by atoms with van der Waals surface area (Å²) in [6.07, 6.45) is 6.26. The number of carbonyl (C=O) groups is 1. The van der Waals surface area contributed by atoms with Crippen LogP contribution >= 0.6 is 11.3 Å². The van der Waals surface area contributed by atoms with Gasteiger partial charge in [-0.15, -0.1) is 0 Å². The lowest BCUT2D eigenvalue weighted by Crippen LogP contribution is -2.40. The van der Waals surface area contributed by atoms with Gasteiger partial charge in [0.05, 0.1) is 34.6 Å². The molecule has 1 fully saturated rings. The number of ether oxygens (including phenoxy) is 2. The molecule has 2 aromatic heterocycles. The molecular formula is C30H35N3O5S. The van der Waals surface area contributed by atoms with Gasteiger partial charge >= 0.3 is 5.97 Å². The van der Waals surface area contributed by atoms with Crippen molar-refractivity contribution in [3.63, 3.8) is 0 Å². The number of aromatic nitrogens is 1. The van der Waals surface area contributed by atoms with Crippen molar-refractivity contribution in [1.82, 2.24) is 4.57 Å². The predicted molar refractivity (Wildman–Crippen MR) is 152 cm³/mol. The lowest BCUT2D eigenvalue weighted by Gasteiger charge is -2.25. The maximum absolute atomic E-state index is 13.9. The molecule has 2 aliphatic rings. The molecule has 3 aromatic rings. The van der Waals surface area contributed by atoms with Crippen molar-refractivity contribution < 1.29 is 18.7 Å². The Bertz CT molecular complexity index is 1540. The van der Waals surface area contributed by atoms with Gasteiger partial charge in [-0.25, -0.2) is 9.79 Å². The maximum atomic E-state index is 13.9. The number of carbonyl (C=O) groups excluding carboxylic acids is 1. The van der Waals surface area contributed by atoms with E-state index in [1.54, 1.807) is 31.4 Å². The van der Waals surface area contributed by atoms with E-state index in [0.29, 0.717) is 33.0 Å². The van der Waals surface area contributed by atoms with Gasteiger partial charge in [0.15, 0.2) is 10.7 Å². The van der Waals surface area contributed by atoms with E-state index in [2.05, 4.69) is 9.89 Å². The zero-order valence-corrected chi connectivity index (χ0v) is 23.8. The van der Waals surface area contributed by atoms with Crippen molar-refractivity contribution in [2.75, 3.05) is 24.6 Å². The normalized spacial score (nSPS) is 18.1. The SMILES string of the molecule is CCOc1ccc([C@@H]2C(C(=O)OC(C)C)=C(C)N=c3s/c(=C/c4ccc(N5CCCCCC5)o4)c(=O)n32)cc1. The lowest BCUT2D eigenvalue weighted by atomic mass is 9.96. The van der Waals surface area contributed by atoms with E-state index in [1.165, 1.54) is 24.2 Å². The number of thiazole rings is 1. The molecule has 0 bridgehead atoms. The Balaban J connectivity index is 1.57. The molecule has 39 heavy (non-hydrogen) atoms. The molecule has 8 nitrogen and oxygen atoms in total. The molecule has 0 spiro atoms. The van der Waals surface area contributed by atoms with Crippen LogP contribution in [-0.2, 0) is 9.53 Å². The van der Waals surface area contributed by atoms with Gasteiger partial charge < -0.3 is 18.8 Å². The molecule has 0 N–H and O–H groups in total. The molecule has 0 aliphatic carbocycles. The molecule has 5 rings (SSSR count). The minimum Gasteiger partial charge on any atom is -0.494 e. The molecular weight excluding hydrogens is 514 g/mol. The third-order valence-corrected chi connectivity index (χ3v) is 7.88. The quantitative estimate of drug-likeness (QED) is 0.402. The fourth-order valence-electron chi connectivity index (χ4n) is 5.10. The van der Waals surface area contributed by atoms with Crippen LogP contribution in [0.4, 0.5) is 5.88 Å². The van der Waals surface area contributed by atoms with Crippen LogP contribution in [-0.4, -0.2) is 36.3 Å². The minimum absolute atomic E-state index is 0.229. The Morgan fingerprint density at radius 2 is 1.85 bits per heavy atom. The zero-order chi connectivity index (χ0) is 27.5. The Labute approximate surface area is 231 Å². The first-order chi connectivity index (χ1) is 18.9. The standard InChI is InChI=1S/C30H35N3O5S/c1-5-36-22-12-10-21(11-13-22)27-26(29(35)37-19(2)3)20(4)31-30-33(27)28(34)24(39-30)18-23-14-15-25(38-23)32-16-8-6-7-9-17-32/h10-15,18-19,27H,5-9,16-17H2,1-4H3/b24-18+/t27-/m1/s1. The number of fused-ring (bicyclic) bond motifs is 1. The summed E-state index contributed by atoms with van der Waals surface area (Å²) in [7, 11) is 0. The summed E-state index contributed by atoms with van der Waals surface area (Å²) in [5.41, 5.74) is 1.44. The molecule has 206 valence electrons. The van der Waals surface area contributed by atoms with Gasteiger partial charge in [0, 0.05) is 25.2 Å². The maximum Gasteiger partial charge on any atom is 0.338 e. The number of furan rings is 1. The van der Waals surface area contributed by atoms with Crippen molar-refractivity contribution in [1.29, 1.82) is 0 Å². The van der Waals surface area contributed by atoms with Crippen molar-refractivity contribution in [3.8, 4) is 5.75 Å². The van der Waals surface area contributed by atoms with Crippen LogP contribution < -0.4 is 24.5 Å². The number of benzene rings is 1. The zero-order valence-electron chi connectivity index (χ0n) is 22.9. The van der Waals surface area contributed by atoms with Crippen molar-refractivity contribution in [2.45, 2.75) is 65.5 Å². The van der Waals surface area contributed by atoms with E-state index in [-0.39, 0.29) is 11.7 Å². The lowest BCUT2D eigenvalue weighted by molar-refractivity contribution is -0.143. The van der Waals surface area contributed by atoms with E-state index >= 15 is 0 Å². The van der Waals surface area contributed by atoms with Crippen LogP contribution in [0.3, 0.4) is 0 Å². The summed E-state index contributed by atoms with van der Waals surface area (Å²) in [5, 5.41) is 0. The number of esters is 1. The Kier molecular flexibility index (Phi) is 8.07. The first-order valence-electron chi connectivity index (χ1n) is 13.7. The molecule has 1 atom stereocenters. The van der Waals surface area contributed by atoms with E-state index in [1.807, 2.05) is 43.3 Å². The Morgan fingerprint density at radius 1 is 1.13 bits per heavy atom. The van der Waals surface area contributed by atoms with Gasteiger partial charge in [0.2, 0.25) is 0 Å². The van der Waals surface area contributed by atoms with Crippen LogP contribution in [0.2, 0.25) is 0 Å². The summed E-state index contributed by atoms with van der Waals surface area (Å²) in [6, 6.07) is 10.7. The largest absolute Gasteiger partial charge is 0.494 e. The van der Waals surface area contributed by atoms with Crippen LogP contribution in [0.15, 0.2) is 61.9 Å². The van der Waals surface area contributed by atoms with Gasteiger partial charge in [0.25, 0.3) is 5.56 Å². The number of hydrogen-bond donors (Lipinski definition) is 0. The number of allylic oxidation sites excluding steroid dienone is 1. The number of rotatable bonds is 7. The summed E-state index contributed by atoms with van der Waals surface area (Å²) in [6.45, 7) is 9.82. The second kappa shape index (κ2) is 11.7. The van der Waals surface area contributed by atoms with Crippen LogP contribution in [0.1, 0.15) is 70.7 Å². The van der Waals surface area contributed by atoms with Gasteiger partial charge in [-0.1, -0.05) is 36.3 Å². The van der Waals surface area contributed by atoms with Crippen LogP contribution in [0, 0.1) is 0 Å². The van der Waals surface area contributed by atoms with Crippen LogP contribution in [0.25, 0.3) is 6.08 Å². The highest BCUT2D eigenvalue weighted by Crippen LogP contribution is 2.32. The number of hydrogen-bond acceptors (Lipinski definition) is 8. The van der Waals surface area contributed by atoms with Crippen molar-refractivity contribution in [2.24, 2.45) is 4.99 Å². The molecule has 9 heteroatoms. The highest BCUT2D eigenvalue weighted by molar-refractivity contribution is 7.07. The summed E-state index contributed by atoms with van der Waals surface area (Å²) in [4.78, 5) is 34.6. The smallest absolute Gasteiger partial charge is 0.338 e. The molecule has 1 aromatic carbocycles. The molecule has 0 unspecified atom stereocenters. The highest BCUT2D eigenvalue weighted by Gasteiger charge is 2.33. The van der Waals surface area contributed by atoms with Crippen molar-refractivity contribution in [3.05, 3.63) is 78.7 Å². The summed E-state index contributed by atoms with van der Waals surface area (Å²) < 4.78 is 19.4. The van der Waals surface area contributed by atoms with Crippen molar-refractivity contribution >= 4 is 29.3 Å². The molecule has 0 amide bonds. The van der Waals surface area contributed by atoms with Gasteiger partial charge in [-0.2, -0.15) is 0 Å². The van der Waals surface area contributed by atoms with E-state index in [4.69, 9.17) is 13.9 Å². The monoisotopic (exact) mass is 549 g/mol. The first-order valence-corrected chi connectivity index (χ1v) is 14.5. The fraction of sp³-hybridized carbons (Fsp3) is 0.433. The molecule has 0 saturated carbocycles. The topological polar surface area (TPSA) is 86.3 Å². The van der Waals surface area contributed by atoms with Gasteiger partial charge in [-0.05, 0) is 64.3 Å². The summed E-state index contributed by atoms with van der Waals surface area (Å²) in [5.74, 6) is 1.69. The number of nitrogens with zero attached hydrogens (tertiary/aromatic N) is 3. The molecule has 2 aliphatic heterocycles. The van der Waals surface area contributed by atoms with Gasteiger partial charge in [-0.3, -0.25) is 9.36 Å². The minimum atomic E-state index is -0.672. The van der Waals surface area contributed by atoms with E-state index in [0.717, 1.165) is 43.1 Å². The van der Waals surface area contributed by atoms with Crippen LogP contribution in [0.5, 0.6) is 5.75 Å². The molecule has 1 saturated heterocycles. The average Bonchev–Trinajstić information content (AvgIpc) is 3.36. The first kappa shape index (κ1) is 27.0. The fourth-order valence-corrected chi connectivity index (χ4v) is 6.13. The molecule has 0 radical (unpaired) electrons. The summed E-state index contributed by atoms with van der Waals surface area (Å²) >= 11 is 1.29. The van der Waals surface area contributed by atoms with E-state index in [9.17, 15) is 9.59 Å². The average molecular weight is 550 g/mol. The Morgan fingerprint density at radius 3 is 2.51 bits per heavy atom. The predicted octanol–water partition coefficient (Wildman–Crippen LogP) is 4.56. The van der Waals surface area contributed by atoms with Gasteiger partial charge in [0.1, 0.15) is 11.5 Å². The second-order valence-electron chi connectivity index (χ2n) is 10.1. The molecule has 4 heterocycles. The number of anilines is 1. The van der Waals surface area contributed by atoms with E-state index < -0.39 is 12.0 Å². The third kappa shape index (κ3) is 5.73. The third-order valence-electron chi connectivity index (χ3n) is 6.89. The highest BCUT2D eigenvalue weighted by atomic mass is 32.1. The second-order valence-corrected chi connectivity index (χ2v) is 11.1. The Hall–Kier alpha value is -3.59.